The summed E-state index contributed by atoms with van der Waals surface area (Å²) < 4.78 is 1.77. The monoisotopic (exact) mass is 194 g/mol. The second-order valence-electron chi connectivity index (χ2n) is 4.86. The average Bonchev–Trinajstić information content (AvgIpc) is 2.45. The topological polar surface area (TPSA) is 34.9 Å². The largest absolute Gasteiger partial charge is 0.296 e. The molecule has 1 aromatic heterocycles. The number of hydrogen-bond acceptors (Lipinski definition) is 2. The van der Waals surface area contributed by atoms with E-state index in [1.807, 2.05) is 19.9 Å². The van der Waals surface area contributed by atoms with Crippen LogP contribution in [0.15, 0.2) is 6.07 Å². The van der Waals surface area contributed by atoms with Gasteiger partial charge in [0.25, 0.3) is 0 Å². The van der Waals surface area contributed by atoms with E-state index >= 15 is 0 Å². The van der Waals surface area contributed by atoms with Gasteiger partial charge < -0.3 is 0 Å². The summed E-state index contributed by atoms with van der Waals surface area (Å²) in [7, 11) is 0. The summed E-state index contributed by atoms with van der Waals surface area (Å²) in [4.78, 5) is 10.8. The second-order valence-corrected chi connectivity index (χ2v) is 4.86. The molecule has 3 nitrogen and oxygen atoms in total. The van der Waals surface area contributed by atoms with E-state index in [1.165, 1.54) is 0 Å². The highest BCUT2D eigenvalue weighted by Gasteiger charge is 2.20. The van der Waals surface area contributed by atoms with Crippen molar-refractivity contribution in [1.29, 1.82) is 0 Å². The number of carbonyl (C=O) groups is 1. The van der Waals surface area contributed by atoms with Crippen LogP contribution in [0.4, 0.5) is 0 Å². The van der Waals surface area contributed by atoms with Crippen molar-refractivity contribution in [1.82, 2.24) is 9.78 Å². The van der Waals surface area contributed by atoms with E-state index in [9.17, 15) is 4.79 Å². The van der Waals surface area contributed by atoms with Crippen molar-refractivity contribution in [3.05, 3.63) is 17.5 Å². The van der Waals surface area contributed by atoms with Crippen LogP contribution in [-0.2, 0) is 5.41 Å². The first-order valence-corrected chi connectivity index (χ1v) is 4.91. The minimum Gasteiger partial charge on any atom is -0.296 e. The average molecular weight is 194 g/mol. The third kappa shape index (κ3) is 2.03. The maximum atomic E-state index is 10.8. The van der Waals surface area contributed by atoms with Crippen LogP contribution in [0.1, 0.15) is 56.8 Å². The molecule has 1 aromatic rings. The van der Waals surface area contributed by atoms with Gasteiger partial charge in [0, 0.05) is 11.5 Å². The number of rotatable bonds is 2. The summed E-state index contributed by atoms with van der Waals surface area (Å²) >= 11 is 0. The lowest BCUT2D eigenvalue weighted by Gasteiger charge is -2.14. The molecule has 0 aliphatic rings. The molecule has 0 amide bonds. The molecule has 0 fully saturated rings. The molecular formula is C11H18N2O. The van der Waals surface area contributed by atoms with Crippen molar-refractivity contribution in [3.8, 4) is 0 Å². The number of nitrogens with zero attached hydrogens (tertiary/aromatic N) is 2. The molecule has 0 saturated heterocycles. The fourth-order valence-corrected chi connectivity index (χ4v) is 1.28. The zero-order chi connectivity index (χ0) is 10.9. The lowest BCUT2D eigenvalue weighted by Crippen LogP contribution is -2.13. The number of hydrogen-bond donors (Lipinski definition) is 0. The molecule has 0 saturated carbocycles. The highest BCUT2D eigenvalue weighted by molar-refractivity contribution is 5.72. The van der Waals surface area contributed by atoms with Gasteiger partial charge in [-0.2, -0.15) is 5.10 Å². The first-order valence-electron chi connectivity index (χ1n) is 4.91. The Labute approximate surface area is 85.1 Å². The molecule has 0 spiro atoms. The first-order chi connectivity index (χ1) is 6.36. The van der Waals surface area contributed by atoms with Gasteiger partial charge in [-0.25, -0.2) is 0 Å². The van der Waals surface area contributed by atoms with E-state index < -0.39 is 0 Å². The molecule has 78 valence electrons. The van der Waals surface area contributed by atoms with Crippen LogP contribution in [0, 0.1) is 0 Å². The Bertz CT molecular complexity index is 332. The smallest absolute Gasteiger partial charge is 0.168 e. The van der Waals surface area contributed by atoms with Crippen LogP contribution < -0.4 is 0 Å². The van der Waals surface area contributed by atoms with Crippen molar-refractivity contribution in [2.45, 2.75) is 46.1 Å². The van der Waals surface area contributed by atoms with Gasteiger partial charge in [0.15, 0.2) is 6.29 Å². The summed E-state index contributed by atoms with van der Waals surface area (Å²) in [6.45, 7) is 10.3. The van der Waals surface area contributed by atoms with E-state index in [4.69, 9.17) is 0 Å². The van der Waals surface area contributed by atoms with Gasteiger partial charge in [0.1, 0.15) is 5.69 Å². The quantitative estimate of drug-likeness (QED) is 0.678. The molecule has 3 heteroatoms. The second kappa shape index (κ2) is 3.56. The molecule has 0 unspecified atom stereocenters. The number of carbonyl (C=O) groups excluding carboxylic acids is 1. The normalized spacial score (nSPS) is 12.1. The Morgan fingerprint density at radius 3 is 2.29 bits per heavy atom. The van der Waals surface area contributed by atoms with E-state index in [-0.39, 0.29) is 11.5 Å². The fourth-order valence-electron chi connectivity index (χ4n) is 1.28. The van der Waals surface area contributed by atoms with Crippen LogP contribution in [-0.4, -0.2) is 16.1 Å². The summed E-state index contributed by atoms with van der Waals surface area (Å²) in [6, 6.07) is 2.10. The summed E-state index contributed by atoms with van der Waals surface area (Å²) in [6.07, 6.45) is 0.863. The molecule has 0 aliphatic heterocycles. The standard InChI is InChI=1S/C11H18N2O/c1-8(2)13-9(7-14)6-10(12-13)11(3,4)5/h6-8H,1-5H3. The highest BCUT2D eigenvalue weighted by Crippen LogP contribution is 2.22. The molecular weight excluding hydrogens is 176 g/mol. The van der Waals surface area contributed by atoms with E-state index in [0.717, 1.165) is 12.0 Å². The summed E-state index contributed by atoms with van der Waals surface area (Å²) in [5.41, 5.74) is 1.62. The lowest BCUT2D eigenvalue weighted by molar-refractivity contribution is 0.111. The molecule has 14 heavy (non-hydrogen) atoms. The molecule has 1 heterocycles. The Balaban J connectivity index is 3.20. The summed E-state index contributed by atoms with van der Waals surface area (Å²) in [5.74, 6) is 0. The summed E-state index contributed by atoms with van der Waals surface area (Å²) in [5, 5.41) is 4.44. The zero-order valence-corrected chi connectivity index (χ0v) is 9.53. The third-order valence-electron chi connectivity index (χ3n) is 2.14. The maximum Gasteiger partial charge on any atom is 0.168 e. The van der Waals surface area contributed by atoms with Crippen LogP contribution in [0.3, 0.4) is 0 Å². The molecule has 0 N–H and O–H groups in total. The van der Waals surface area contributed by atoms with Crippen LogP contribution in [0.2, 0.25) is 0 Å². The lowest BCUT2D eigenvalue weighted by atomic mass is 9.92. The Morgan fingerprint density at radius 2 is 2.00 bits per heavy atom. The van der Waals surface area contributed by atoms with Crippen LogP contribution in [0.5, 0.6) is 0 Å². The molecule has 0 radical (unpaired) electrons. The van der Waals surface area contributed by atoms with Crippen LogP contribution >= 0.6 is 0 Å². The zero-order valence-electron chi connectivity index (χ0n) is 9.53. The fraction of sp³-hybridized carbons (Fsp3) is 0.636. The maximum absolute atomic E-state index is 10.8. The predicted molar refractivity (Wildman–Crippen MR) is 56.7 cm³/mol. The number of aromatic nitrogens is 2. The van der Waals surface area contributed by atoms with Gasteiger partial charge in [0.2, 0.25) is 0 Å². The van der Waals surface area contributed by atoms with Crippen LogP contribution in [0.25, 0.3) is 0 Å². The van der Waals surface area contributed by atoms with E-state index in [1.54, 1.807) is 4.68 Å². The Hall–Kier alpha value is -1.12. The molecule has 0 bridgehead atoms. The van der Waals surface area contributed by atoms with Crippen molar-refractivity contribution in [3.63, 3.8) is 0 Å². The SMILES string of the molecule is CC(C)n1nc(C(C)(C)C)cc1C=O. The first kappa shape index (κ1) is 11.0. The third-order valence-corrected chi connectivity index (χ3v) is 2.14. The predicted octanol–water partition coefficient (Wildman–Crippen LogP) is 2.57. The van der Waals surface area contributed by atoms with Crippen molar-refractivity contribution in [2.24, 2.45) is 0 Å². The minimum atomic E-state index is -0.00208. The Kier molecular flexibility index (Phi) is 2.79. The number of aldehydes is 1. The highest BCUT2D eigenvalue weighted by atomic mass is 16.1. The van der Waals surface area contributed by atoms with Gasteiger partial charge in [-0.05, 0) is 19.9 Å². The Morgan fingerprint density at radius 1 is 1.43 bits per heavy atom. The van der Waals surface area contributed by atoms with Gasteiger partial charge in [-0.15, -0.1) is 0 Å². The van der Waals surface area contributed by atoms with Crippen molar-refractivity contribution in [2.75, 3.05) is 0 Å². The minimum absolute atomic E-state index is 0.00208. The van der Waals surface area contributed by atoms with E-state index in [0.29, 0.717) is 5.69 Å². The van der Waals surface area contributed by atoms with E-state index in [2.05, 4.69) is 25.9 Å². The van der Waals surface area contributed by atoms with Gasteiger partial charge >= 0.3 is 0 Å². The molecule has 0 atom stereocenters. The molecule has 1 rings (SSSR count). The van der Waals surface area contributed by atoms with Gasteiger partial charge in [-0.3, -0.25) is 9.48 Å². The molecule has 0 aromatic carbocycles. The van der Waals surface area contributed by atoms with Gasteiger partial charge in [-0.1, -0.05) is 20.8 Å². The molecule has 0 aliphatic carbocycles. The van der Waals surface area contributed by atoms with Crippen molar-refractivity contribution >= 4 is 6.29 Å². The van der Waals surface area contributed by atoms with Crippen molar-refractivity contribution < 1.29 is 4.79 Å². The van der Waals surface area contributed by atoms with Gasteiger partial charge in [0.05, 0.1) is 5.69 Å².